The minimum absolute atomic E-state index is 0.0266. The van der Waals surface area contributed by atoms with Crippen LogP contribution in [0, 0.1) is 5.41 Å². The van der Waals surface area contributed by atoms with Crippen molar-refractivity contribution in [1.29, 1.82) is 0 Å². The molecular formula is C29H36F3N3O3. The number of halogens is 3. The van der Waals surface area contributed by atoms with E-state index in [1.165, 1.54) is 12.1 Å². The van der Waals surface area contributed by atoms with Gasteiger partial charge in [0.1, 0.15) is 12.4 Å². The van der Waals surface area contributed by atoms with Crippen molar-refractivity contribution < 1.29 is 27.5 Å². The number of likely N-dealkylation sites (tertiary alicyclic amines) is 1. The number of nitrogens with one attached hydrogen (secondary N) is 2. The van der Waals surface area contributed by atoms with Crippen LogP contribution in [0.3, 0.4) is 0 Å². The van der Waals surface area contributed by atoms with Crippen LogP contribution in [0.25, 0.3) is 0 Å². The van der Waals surface area contributed by atoms with Gasteiger partial charge < -0.3 is 15.4 Å². The third-order valence-electron chi connectivity index (χ3n) is 7.63. The number of carbonyl (C=O) groups excluding carboxylic acids is 2. The van der Waals surface area contributed by atoms with Gasteiger partial charge in [-0.1, -0.05) is 43.2 Å². The van der Waals surface area contributed by atoms with Gasteiger partial charge in [0.05, 0.1) is 22.6 Å². The van der Waals surface area contributed by atoms with Crippen LogP contribution < -0.4 is 15.4 Å². The number of para-hydroxylation sites is 1. The molecule has 1 fully saturated rings. The minimum Gasteiger partial charge on any atom is -0.491 e. The summed E-state index contributed by atoms with van der Waals surface area (Å²) in [5, 5.41) is 6.07. The molecule has 2 heterocycles. The van der Waals surface area contributed by atoms with E-state index < -0.39 is 17.2 Å². The van der Waals surface area contributed by atoms with Crippen LogP contribution in [0.2, 0.25) is 0 Å². The van der Waals surface area contributed by atoms with Crippen LogP contribution >= 0.6 is 0 Å². The van der Waals surface area contributed by atoms with E-state index in [2.05, 4.69) is 10.6 Å². The fourth-order valence-electron chi connectivity index (χ4n) is 5.38. The van der Waals surface area contributed by atoms with Gasteiger partial charge in [-0.05, 0) is 69.5 Å². The highest BCUT2D eigenvalue weighted by Gasteiger charge is 2.42. The molecule has 0 unspecified atom stereocenters. The maximum Gasteiger partial charge on any atom is 0.416 e. The largest absolute Gasteiger partial charge is 0.491 e. The first-order valence-electron chi connectivity index (χ1n) is 13.4. The molecule has 1 atom stereocenters. The molecule has 2 aliphatic rings. The summed E-state index contributed by atoms with van der Waals surface area (Å²) in [5.41, 5.74) is -0.447. The summed E-state index contributed by atoms with van der Waals surface area (Å²) in [4.78, 5) is 28.2. The van der Waals surface area contributed by atoms with Gasteiger partial charge in [0, 0.05) is 13.1 Å². The van der Waals surface area contributed by atoms with E-state index in [0.29, 0.717) is 50.2 Å². The average Bonchev–Trinajstić information content (AvgIpc) is 2.90. The van der Waals surface area contributed by atoms with Gasteiger partial charge in [-0.2, -0.15) is 13.2 Å². The highest BCUT2D eigenvalue weighted by atomic mass is 19.4. The zero-order chi connectivity index (χ0) is 27.2. The molecule has 6 nitrogen and oxygen atoms in total. The third-order valence-corrected chi connectivity index (χ3v) is 7.63. The van der Waals surface area contributed by atoms with Gasteiger partial charge in [-0.15, -0.1) is 0 Å². The molecule has 1 spiro atoms. The Labute approximate surface area is 221 Å². The van der Waals surface area contributed by atoms with Gasteiger partial charge in [-0.3, -0.25) is 14.5 Å². The number of benzene rings is 2. The van der Waals surface area contributed by atoms with Crippen molar-refractivity contribution in [2.75, 3.05) is 26.2 Å². The van der Waals surface area contributed by atoms with Gasteiger partial charge in [0.15, 0.2) is 0 Å². The van der Waals surface area contributed by atoms with Crippen molar-refractivity contribution in [3.05, 3.63) is 65.2 Å². The van der Waals surface area contributed by atoms with Crippen molar-refractivity contribution >= 4 is 11.8 Å². The lowest BCUT2D eigenvalue weighted by Crippen LogP contribution is -2.51. The summed E-state index contributed by atoms with van der Waals surface area (Å²) in [6, 6.07) is 12.5. The van der Waals surface area contributed by atoms with Gasteiger partial charge >= 0.3 is 6.18 Å². The quantitative estimate of drug-likeness (QED) is 0.561. The van der Waals surface area contributed by atoms with E-state index in [9.17, 15) is 22.8 Å². The molecule has 38 heavy (non-hydrogen) atoms. The van der Waals surface area contributed by atoms with Crippen LogP contribution in [0.15, 0.2) is 48.5 Å². The van der Waals surface area contributed by atoms with Gasteiger partial charge in [0.2, 0.25) is 5.91 Å². The van der Waals surface area contributed by atoms with E-state index in [-0.39, 0.29) is 36.6 Å². The normalized spacial score (nSPS) is 21.8. The molecule has 4 rings (SSSR count). The van der Waals surface area contributed by atoms with E-state index in [1.807, 2.05) is 11.8 Å². The number of carbonyl (C=O) groups is 2. The summed E-state index contributed by atoms with van der Waals surface area (Å²) in [6.45, 7) is 3.93. The predicted molar refractivity (Wildman–Crippen MR) is 139 cm³/mol. The summed E-state index contributed by atoms with van der Waals surface area (Å²) < 4.78 is 46.3. The molecule has 2 aliphatic heterocycles. The van der Waals surface area contributed by atoms with Crippen molar-refractivity contribution in [2.45, 2.75) is 64.2 Å². The second-order valence-electron chi connectivity index (χ2n) is 10.5. The first-order valence-corrected chi connectivity index (χ1v) is 13.4. The number of alkyl halides is 3. The number of rotatable bonds is 2. The first kappa shape index (κ1) is 28.0. The summed E-state index contributed by atoms with van der Waals surface area (Å²) in [5.74, 6) is 0.271. The Bertz CT molecular complexity index is 1110. The van der Waals surface area contributed by atoms with Gasteiger partial charge in [-0.25, -0.2) is 0 Å². The molecule has 0 saturated carbocycles. The van der Waals surface area contributed by atoms with Crippen molar-refractivity contribution in [2.24, 2.45) is 5.41 Å². The number of amides is 2. The van der Waals surface area contributed by atoms with Crippen LogP contribution in [0.4, 0.5) is 13.2 Å². The number of ether oxygens (including phenoxy) is 1. The number of nitrogens with zero attached hydrogens (tertiary/aromatic N) is 1. The predicted octanol–water partition coefficient (Wildman–Crippen LogP) is 5.18. The number of piperidine rings is 1. The zero-order valence-corrected chi connectivity index (χ0v) is 21.8. The molecule has 1 saturated heterocycles. The Kier molecular flexibility index (Phi) is 8.97. The highest BCUT2D eigenvalue weighted by Crippen LogP contribution is 2.39. The van der Waals surface area contributed by atoms with E-state index in [1.54, 1.807) is 30.3 Å². The lowest BCUT2D eigenvalue weighted by atomic mass is 9.73. The third kappa shape index (κ3) is 6.87. The number of hydrogen-bond acceptors (Lipinski definition) is 4. The molecule has 206 valence electrons. The van der Waals surface area contributed by atoms with Crippen molar-refractivity contribution in [3.8, 4) is 5.75 Å². The highest BCUT2D eigenvalue weighted by molar-refractivity contribution is 5.96. The Morgan fingerprint density at radius 2 is 1.68 bits per heavy atom. The van der Waals surface area contributed by atoms with Crippen molar-refractivity contribution in [3.63, 3.8) is 0 Å². The van der Waals surface area contributed by atoms with E-state index in [4.69, 9.17) is 4.74 Å². The molecular weight excluding hydrogens is 495 g/mol. The summed E-state index contributed by atoms with van der Waals surface area (Å²) in [7, 11) is 0. The molecule has 2 N–H and O–H groups in total. The standard InChI is InChI=1S/C29H36F3N3O3/c1-21-20-38-25-12-6-4-10-23(25)26(36)33-16-8-2-7-13-28(27(37)34-21)14-17-35(18-15-28)19-22-9-3-5-11-24(22)29(30,31)32/h3-6,9-12,21H,2,7-8,13-20H2,1H3,(H,33,36)(H,34,37)/t21-/m0/s1. The van der Waals surface area contributed by atoms with Crippen molar-refractivity contribution in [1.82, 2.24) is 15.5 Å². The molecule has 0 radical (unpaired) electrons. The smallest absolute Gasteiger partial charge is 0.416 e. The topological polar surface area (TPSA) is 70.7 Å². The molecule has 2 aromatic carbocycles. The van der Waals surface area contributed by atoms with E-state index >= 15 is 0 Å². The Morgan fingerprint density at radius 3 is 2.45 bits per heavy atom. The number of hydrogen-bond donors (Lipinski definition) is 2. The molecule has 0 aliphatic carbocycles. The Hall–Kier alpha value is -3.07. The fraction of sp³-hybridized carbons (Fsp3) is 0.517. The maximum absolute atomic E-state index is 13.6. The fourth-order valence-corrected chi connectivity index (χ4v) is 5.38. The van der Waals surface area contributed by atoms with Crippen LogP contribution in [-0.2, 0) is 17.5 Å². The first-order chi connectivity index (χ1) is 18.2. The summed E-state index contributed by atoms with van der Waals surface area (Å²) >= 11 is 0. The molecule has 0 aromatic heterocycles. The second kappa shape index (κ2) is 12.2. The lowest BCUT2D eigenvalue weighted by Gasteiger charge is -2.41. The maximum atomic E-state index is 13.6. The SMILES string of the molecule is C[C@H]1COc2ccccc2C(=O)NCCCCCC2(CCN(Cc3ccccc3C(F)(F)F)CC2)C(=O)N1. The van der Waals surface area contributed by atoms with Crippen LogP contribution in [0.5, 0.6) is 5.75 Å². The van der Waals surface area contributed by atoms with E-state index in [0.717, 1.165) is 25.3 Å². The Balaban J connectivity index is 1.44. The molecule has 9 heteroatoms. The van der Waals surface area contributed by atoms with Gasteiger partial charge in [0.25, 0.3) is 5.91 Å². The molecule has 2 amide bonds. The second-order valence-corrected chi connectivity index (χ2v) is 10.5. The summed E-state index contributed by atoms with van der Waals surface area (Å²) in [6.07, 6.45) is -0.0276. The van der Waals surface area contributed by atoms with Crippen LogP contribution in [0.1, 0.15) is 66.9 Å². The monoisotopic (exact) mass is 531 g/mol. The zero-order valence-electron chi connectivity index (χ0n) is 21.8. The molecule has 0 bridgehead atoms. The molecule has 2 aromatic rings. The lowest BCUT2D eigenvalue weighted by molar-refractivity contribution is -0.138. The van der Waals surface area contributed by atoms with Crippen LogP contribution in [-0.4, -0.2) is 49.0 Å². The average molecular weight is 532 g/mol. The minimum atomic E-state index is -4.39. The number of fused-ring (bicyclic) bond motifs is 1. The Morgan fingerprint density at radius 1 is 0.974 bits per heavy atom.